The summed E-state index contributed by atoms with van der Waals surface area (Å²) in [7, 11) is 0. The van der Waals surface area contributed by atoms with Crippen molar-refractivity contribution in [1.29, 1.82) is 0 Å². The van der Waals surface area contributed by atoms with E-state index in [1.54, 1.807) is 0 Å². The average molecular weight is 275 g/mol. The van der Waals surface area contributed by atoms with Crippen LogP contribution in [0.4, 0.5) is 0 Å². The van der Waals surface area contributed by atoms with Gasteiger partial charge in [-0.1, -0.05) is 38.3 Å². The zero-order valence-electron chi connectivity index (χ0n) is 13.3. The van der Waals surface area contributed by atoms with E-state index in [1.807, 2.05) is 0 Å². The maximum Gasteiger partial charge on any atom is 0.125 e. The molecule has 0 amide bonds. The van der Waals surface area contributed by atoms with E-state index in [4.69, 9.17) is 4.74 Å². The van der Waals surface area contributed by atoms with Gasteiger partial charge in [0.05, 0.1) is 6.61 Å². The standard InChI is InChI=1S/C18H29NO/c1-4-19-12-17-10-14(2)18(15(3)11-17)20-13-16-8-6-5-7-9-16/h10-11,16,19H,4-9,12-13H2,1-3H3. The summed E-state index contributed by atoms with van der Waals surface area (Å²) in [5.74, 6) is 1.87. The molecule has 0 saturated heterocycles. The molecule has 1 saturated carbocycles. The molecule has 0 aromatic heterocycles. The van der Waals surface area contributed by atoms with Gasteiger partial charge in [-0.05, 0) is 55.8 Å². The van der Waals surface area contributed by atoms with Gasteiger partial charge in [-0.15, -0.1) is 0 Å². The van der Waals surface area contributed by atoms with Crippen molar-refractivity contribution in [2.75, 3.05) is 13.2 Å². The Morgan fingerprint density at radius 3 is 2.35 bits per heavy atom. The van der Waals surface area contributed by atoms with Gasteiger partial charge in [0.2, 0.25) is 0 Å². The highest BCUT2D eigenvalue weighted by atomic mass is 16.5. The maximum absolute atomic E-state index is 6.15. The van der Waals surface area contributed by atoms with Crippen LogP contribution in [0.2, 0.25) is 0 Å². The van der Waals surface area contributed by atoms with Crippen LogP contribution >= 0.6 is 0 Å². The second-order valence-corrected chi connectivity index (χ2v) is 6.15. The molecule has 0 unspecified atom stereocenters. The van der Waals surface area contributed by atoms with Gasteiger partial charge in [-0.25, -0.2) is 0 Å². The number of rotatable bonds is 6. The molecule has 2 heteroatoms. The Balaban J connectivity index is 1.96. The van der Waals surface area contributed by atoms with Crippen LogP contribution in [-0.2, 0) is 6.54 Å². The third-order valence-corrected chi connectivity index (χ3v) is 4.29. The van der Waals surface area contributed by atoms with Gasteiger partial charge >= 0.3 is 0 Å². The van der Waals surface area contributed by atoms with Crippen LogP contribution < -0.4 is 10.1 Å². The molecule has 0 radical (unpaired) electrons. The Hall–Kier alpha value is -1.02. The number of hydrogen-bond acceptors (Lipinski definition) is 2. The summed E-state index contributed by atoms with van der Waals surface area (Å²) in [6.45, 7) is 9.33. The third-order valence-electron chi connectivity index (χ3n) is 4.29. The molecular formula is C18H29NO. The minimum Gasteiger partial charge on any atom is -0.493 e. The summed E-state index contributed by atoms with van der Waals surface area (Å²) in [5.41, 5.74) is 3.90. The van der Waals surface area contributed by atoms with Gasteiger partial charge in [0.25, 0.3) is 0 Å². The van der Waals surface area contributed by atoms with Crippen molar-refractivity contribution in [1.82, 2.24) is 5.32 Å². The lowest BCUT2D eigenvalue weighted by Gasteiger charge is -2.23. The van der Waals surface area contributed by atoms with Crippen molar-refractivity contribution in [2.45, 2.75) is 59.4 Å². The number of aryl methyl sites for hydroxylation is 2. The lowest BCUT2D eigenvalue weighted by molar-refractivity contribution is 0.207. The fraction of sp³-hybridized carbons (Fsp3) is 0.667. The molecule has 1 aromatic rings. The Kier molecular flexibility index (Phi) is 5.90. The topological polar surface area (TPSA) is 21.3 Å². The van der Waals surface area contributed by atoms with Crippen molar-refractivity contribution < 1.29 is 4.74 Å². The summed E-state index contributed by atoms with van der Waals surface area (Å²) < 4.78 is 6.15. The molecule has 112 valence electrons. The zero-order valence-corrected chi connectivity index (χ0v) is 13.3. The Bertz CT molecular complexity index is 398. The van der Waals surface area contributed by atoms with Crippen molar-refractivity contribution in [3.8, 4) is 5.75 Å². The number of hydrogen-bond donors (Lipinski definition) is 1. The molecule has 20 heavy (non-hydrogen) atoms. The molecule has 1 aromatic carbocycles. The van der Waals surface area contributed by atoms with E-state index in [1.165, 1.54) is 48.8 Å². The van der Waals surface area contributed by atoms with Crippen LogP contribution in [0.25, 0.3) is 0 Å². The molecule has 0 heterocycles. The summed E-state index contributed by atoms with van der Waals surface area (Å²) in [4.78, 5) is 0. The second-order valence-electron chi connectivity index (χ2n) is 6.15. The van der Waals surface area contributed by atoms with Gasteiger partial charge in [0.1, 0.15) is 5.75 Å². The minimum absolute atomic E-state index is 0.768. The smallest absolute Gasteiger partial charge is 0.125 e. The molecule has 1 N–H and O–H groups in total. The maximum atomic E-state index is 6.15. The van der Waals surface area contributed by atoms with Crippen LogP contribution in [0.1, 0.15) is 55.7 Å². The summed E-state index contributed by atoms with van der Waals surface area (Å²) in [5, 5.41) is 3.38. The Morgan fingerprint density at radius 2 is 1.75 bits per heavy atom. The van der Waals surface area contributed by atoms with E-state index in [0.717, 1.165) is 31.4 Å². The molecule has 0 atom stereocenters. The molecule has 0 aliphatic heterocycles. The van der Waals surface area contributed by atoms with Crippen LogP contribution in [-0.4, -0.2) is 13.2 Å². The minimum atomic E-state index is 0.768. The van der Waals surface area contributed by atoms with Gasteiger partial charge in [-0.2, -0.15) is 0 Å². The Labute approximate surface area is 123 Å². The van der Waals surface area contributed by atoms with Crippen LogP contribution in [0.15, 0.2) is 12.1 Å². The highest BCUT2D eigenvalue weighted by Gasteiger charge is 2.15. The largest absolute Gasteiger partial charge is 0.493 e. The van der Waals surface area contributed by atoms with E-state index >= 15 is 0 Å². The Morgan fingerprint density at radius 1 is 1.10 bits per heavy atom. The van der Waals surface area contributed by atoms with E-state index < -0.39 is 0 Å². The first-order chi connectivity index (χ1) is 9.70. The fourth-order valence-corrected chi connectivity index (χ4v) is 3.19. The van der Waals surface area contributed by atoms with Crippen molar-refractivity contribution >= 4 is 0 Å². The predicted octanol–water partition coefficient (Wildman–Crippen LogP) is 4.37. The first-order valence-corrected chi connectivity index (χ1v) is 8.14. The number of benzene rings is 1. The average Bonchev–Trinajstić information content (AvgIpc) is 2.45. The normalized spacial score (nSPS) is 16.4. The predicted molar refractivity (Wildman–Crippen MR) is 85.4 cm³/mol. The van der Waals surface area contributed by atoms with Crippen molar-refractivity contribution in [3.63, 3.8) is 0 Å². The van der Waals surface area contributed by atoms with E-state index in [9.17, 15) is 0 Å². The lowest BCUT2D eigenvalue weighted by Crippen LogP contribution is -2.16. The third kappa shape index (κ3) is 4.24. The lowest BCUT2D eigenvalue weighted by atomic mass is 9.90. The second kappa shape index (κ2) is 7.68. The fourth-order valence-electron chi connectivity index (χ4n) is 3.19. The summed E-state index contributed by atoms with van der Waals surface area (Å²) in [6, 6.07) is 4.51. The molecule has 2 rings (SSSR count). The molecule has 0 spiro atoms. The number of nitrogens with one attached hydrogen (secondary N) is 1. The first kappa shape index (κ1) is 15.4. The highest BCUT2D eigenvalue weighted by Crippen LogP contribution is 2.28. The van der Waals surface area contributed by atoms with Crippen molar-refractivity contribution in [2.24, 2.45) is 5.92 Å². The van der Waals surface area contributed by atoms with Crippen LogP contribution in [0, 0.1) is 19.8 Å². The van der Waals surface area contributed by atoms with E-state index in [0.29, 0.717) is 0 Å². The summed E-state index contributed by atoms with van der Waals surface area (Å²) in [6.07, 6.45) is 6.86. The van der Waals surface area contributed by atoms with Gasteiger partial charge in [0, 0.05) is 6.54 Å². The molecular weight excluding hydrogens is 246 g/mol. The van der Waals surface area contributed by atoms with E-state index in [-0.39, 0.29) is 0 Å². The number of ether oxygens (including phenoxy) is 1. The molecule has 1 fully saturated rings. The molecule has 2 nitrogen and oxygen atoms in total. The molecule has 1 aliphatic carbocycles. The zero-order chi connectivity index (χ0) is 14.4. The summed E-state index contributed by atoms with van der Waals surface area (Å²) >= 11 is 0. The van der Waals surface area contributed by atoms with Gasteiger partial charge < -0.3 is 10.1 Å². The monoisotopic (exact) mass is 275 g/mol. The van der Waals surface area contributed by atoms with Gasteiger partial charge in [0.15, 0.2) is 0 Å². The van der Waals surface area contributed by atoms with Crippen molar-refractivity contribution in [3.05, 3.63) is 28.8 Å². The van der Waals surface area contributed by atoms with Crippen LogP contribution in [0.5, 0.6) is 5.75 Å². The SMILES string of the molecule is CCNCc1cc(C)c(OCC2CCCCC2)c(C)c1. The first-order valence-electron chi connectivity index (χ1n) is 8.14. The van der Waals surface area contributed by atoms with Gasteiger partial charge in [-0.3, -0.25) is 0 Å². The van der Waals surface area contributed by atoms with Crippen LogP contribution in [0.3, 0.4) is 0 Å². The molecule has 0 bridgehead atoms. The van der Waals surface area contributed by atoms with E-state index in [2.05, 4.69) is 38.2 Å². The molecule has 1 aliphatic rings. The quantitative estimate of drug-likeness (QED) is 0.832. The highest BCUT2D eigenvalue weighted by molar-refractivity contribution is 5.43.